The van der Waals surface area contributed by atoms with Crippen LogP contribution in [0.2, 0.25) is 10.0 Å². The SMILES string of the molecule is Clc1ccc(Cl)c(-n2cc(CNC3CC3)nn2)c1. The van der Waals surface area contributed by atoms with Crippen LogP contribution in [0.3, 0.4) is 0 Å². The second-order valence-corrected chi connectivity index (χ2v) is 5.25. The van der Waals surface area contributed by atoms with Crippen molar-refractivity contribution in [1.29, 1.82) is 0 Å². The van der Waals surface area contributed by atoms with Crippen LogP contribution in [-0.2, 0) is 6.54 Å². The van der Waals surface area contributed by atoms with Crippen molar-refractivity contribution in [1.82, 2.24) is 20.3 Å². The first-order chi connectivity index (χ1) is 8.72. The molecule has 1 aromatic heterocycles. The largest absolute Gasteiger partial charge is 0.308 e. The Hall–Kier alpha value is -1.10. The molecular formula is C12H12Cl2N4. The van der Waals surface area contributed by atoms with Gasteiger partial charge in [-0.3, -0.25) is 0 Å². The first-order valence-electron chi connectivity index (χ1n) is 5.82. The Morgan fingerprint density at radius 1 is 1.33 bits per heavy atom. The molecule has 0 atom stereocenters. The van der Waals surface area contributed by atoms with E-state index in [1.54, 1.807) is 22.9 Å². The van der Waals surface area contributed by atoms with Gasteiger partial charge in [0, 0.05) is 17.6 Å². The molecule has 18 heavy (non-hydrogen) atoms. The van der Waals surface area contributed by atoms with Gasteiger partial charge in [0.1, 0.15) is 0 Å². The minimum atomic E-state index is 0.603. The highest BCUT2D eigenvalue weighted by Gasteiger charge is 2.20. The lowest BCUT2D eigenvalue weighted by molar-refractivity contribution is 0.671. The Bertz CT molecular complexity index is 563. The third-order valence-electron chi connectivity index (χ3n) is 2.85. The van der Waals surface area contributed by atoms with E-state index in [2.05, 4.69) is 15.6 Å². The third kappa shape index (κ3) is 2.66. The van der Waals surface area contributed by atoms with Gasteiger partial charge in [0.25, 0.3) is 0 Å². The molecule has 0 radical (unpaired) electrons. The van der Waals surface area contributed by atoms with Gasteiger partial charge in [-0.15, -0.1) is 5.10 Å². The smallest absolute Gasteiger partial charge is 0.0969 e. The number of nitrogens with zero attached hydrogens (tertiary/aromatic N) is 3. The van der Waals surface area contributed by atoms with E-state index in [1.807, 2.05) is 6.20 Å². The molecule has 4 nitrogen and oxygen atoms in total. The number of nitrogens with one attached hydrogen (secondary N) is 1. The van der Waals surface area contributed by atoms with Crippen LogP contribution in [0.1, 0.15) is 18.5 Å². The predicted molar refractivity (Wildman–Crippen MR) is 71.2 cm³/mol. The lowest BCUT2D eigenvalue weighted by Crippen LogP contribution is -2.15. The van der Waals surface area contributed by atoms with Crippen LogP contribution in [0.15, 0.2) is 24.4 Å². The normalized spacial score (nSPS) is 15.0. The van der Waals surface area contributed by atoms with E-state index in [1.165, 1.54) is 12.8 Å². The van der Waals surface area contributed by atoms with Crippen LogP contribution in [0.5, 0.6) is 0 Å². The highest BCUT2D eigenvalue weighted by molar-refractivity contribution is 6.34. The second-order valence-electron chi connectivity index (χ2n) is 4.41. The Labute approximate surface area is 115 Å². The van der Waals surface area contributed by atoms with Gasteiger partial charge >= 0.3 is 0 Å². The monoisotopic (exact) mass is 282 g/mol. The molecule has 6 heteroatoms. The predicted octanol–water partition coefficient (Wildman–Crippen LogP) is 2.83. The molecule has 1 saturated carbocycles. The van der Waals surface area contributed by atoms with E-state index in [9.17, 15) is 0 Å². The molecule has 94 valence electrons. The third-order valence-corrected chi connectivity index (χ3v) is 3.40. The molecule has 2 aromatic rings. The maximum atomic E-state index is 6.11. The van der Waals surface area contributed by atoms with E-state index in [0.717, 1.165) is 17.9 Å². The molecule has 0 aliphatic heterocycles. The van der Waals surface area contributed by atoms with E-state index < -0.39 is 0 Å². The molecule has 1 aliphatic rings. The Morgan fingerprint density at radius 3 is 2.94 bits per heavy atom. The van der Waals surface area contributed by atoms with E-state index in [0.29, 0.717) is 16.1 Å². The second kappa shape index (κ2) is 4.88. The number of benzene rings is 1. The summed E-state index contributed by atoms with van der Waals surface area (Å²) in [6.07, 6.45) is 4.38. The van der Waals surface area contributed by atoms with Crippen molar-refractivity contribution < 1.29 is 0 Å². The van der Waals surface area contributed by atoms with Gasteiger partial charge in [-0.05, 0) is 31.0 Å². The van der Waals surface area contributed by atoms with Gasteiger partial charge in [-0.2, -0.15) is 0 Å². The molecule has 1 aromatic carbocycles. The van der Waals surface area contributed by atoms with Crippen LogP contribution in [0.4, 0.5) is 0 Å². The van der Waals surface area contributed by atoms with Crippen LogP contribution >= 0.6 is 23.2 Å². The number of aromatic nitrogens is 3. The van der Waals surface area contributed by atoms with E-state index in [-0.39, 0.29) is 0 Å². The lowest BCUT2D eigenvalue weighted by Gasteiger charge is -2.03. The van der Waals surface area contributed by atoms with Crippen molar-refractivity contribution in [2.75, 3.05) is 0 Å². The van der Waals surface area contributed by atoms with Crippen LogP contribution in [-0.4, -0.2) is 21.0 Å². The summed E-state index contributed by atoms with van der Waals surface area (Å²) in [6, 6.07) is 5.93. The van der Waals surface area contributed by atoms with Gasteiger partial charge in [-0.1, -0.05) is 28.4 Å². The topological polar surface area (TPSA) is 42.7 Å². The summed E-state index contributed by atoms with van der Waals surface area (Å²) in [5, 5.41) is 12.8. The molecule has 0 saturated heterocycles. The fourth-order valence-electron chi connectivity index (χ4n) is 1.69. The quantitative estimate of drug-likeness (QED) is 0.938. The Kier molecular flexibility index (Phi) is 3.24. The van der Waals surface area contributed by atoms with Crippen LogP contribution < -0.4 is 5.32 Å². The molecule has 0 bridgehead atoms. The van der Waals surface area contributed by atoms with Crippen molar-refractivity contribution >= 4 is 23.2 Å². The molecule has 1 fully saturated rings. The van der Waals surface area contributed by atoms with Gasteiger partial charge in [-0.25, -0.2) is 4.68 Å². The van der Waals surface area contributed by atoms with E-state index >= 15 is 0 Å². The molecule has 3 rings (SSSR count). The highest BCUT2D eigenvalue weighted by atomic mass is 35.5. The summed E-state index contributed by atoms with van der Waals surface area (Å²) < 4.78 is 1.65. The molecule has 1 N–H and O–H groups in total. The maximum absolute atomic E-state index is 6.11. The zero-order valence-electron chi connectivity index (χ0n) is 9.61. The van der Waals surface area contributed by atoms with E-state index in [4.69, 9.17) is 23.2 Å². The molecular weight excluding hydrogens is 271 g/mol. The molecule has 1 heterocycles. The van der Waals surface area contributed by atoms with Crippen LogP contribution in [0.25, 0.3) is 5.69 Å². The fourth-order valence-corrected chi connectivity index (χ4v) is 2.07. The molecule has 0 spiro atoms. The summed E-state index contributed by atoms with van der Waals surface area (Å²) in [5.74, 6) is 0. The van der Waals surface area contributed by atoms with Gasteiger partial charge < -0.3 is 5.32 Å². The Balaban J connectivity index is 1.80. The number of rotatable bonds is 4. The summed E-state index contributed by atoms with van der Waals surface area (Å²) in [7, 11) is 0. The first-order valence-corrected chi connectivity index (χ1v) is 6.58. The molecule has 1 aliphatic carbocycles. The standard InChI is InChI=1S/C12H12Cl2N4/c13-8-1-4-11(14)12(5-8)18-7-10(16-17-18)6-15-9-2-3-9/h1,4-5,7,9,15H,2-3,6H2. The van der Waals surface area contributed by atoms with Crippen molar-refractivity contribution in [3.05, 3.63) is 40.1 Å². The van der Waals surface area contributed by atoms with Crippen LogP contribution in [0, 0.1) is 0 Å². The average Bonchev–Trinajstić information content (AvgIpc) is 3.08. The molecule has 0 unspecified atom stereocenters. The number of hydrogen-bond donors (Lipinski definition) is 1. The van der Waals surface area contributed by atoms with Gasteiger partial charge in [0.2, 0.25) is 0 Å². The summed E-state index contributed by atoms with van der Waals surface area (Å²) in [6.45, 7) is 0.739. The zero-order chi connectivity index (χ0) is 12.5. The van der Waals surface area contributed by atoms with Crippen molar-refractivity contribution in [3.63, 3.8) is 0 Å². The minimum Gasteiger partial charge on any atom is -0.308 e. The van der Waals surface area contributed by atoms with Gasteiger partial charge in [0.15, 0.2) is 0 Å². The first kappa shape index (κ1) is 12.0. The fraction of sp³-hybridized carbons (Fsp3) is 0.333. The van der Waals surface area contributed by atoms with Crippen molar-refractivity contribution in [2.45, 2.75) is 25.4 Å². The maximum Gasteiger partial charge on any atom is 0.0969 e. The van der Waals surface area contributed by atoms with Crippen molar-refractivity contribution in [2.24, 2.45) is 0 Å². The summed E-state index contributed by atoms with van der Waals surface area (Å²) >= 11 is 12.1. The molecule has 0 amide bonds. The minimum absolute atomic E-state index is 0.603. The number of halogens is 2. The van der Waals surface area contributed by atoms with Gasteiger partial charge in [0.05, 0.1) is 22.6 Å². The zero-order valence-corrected chi connectivity index (χ0v) is 11.1. The summed E-state index contributed by atoms with van der Waals surface area (Å²) in [5.41, 5.74) is 1.65. The summed E-state index contributed by atoms with van der Waals surface area (Å²) in [4.78, 5) is 0. The van der Waals surface area contributed by atoms with Crippen molar-refractivity contribution in [3.8, 4) is 5.69 Å². The average molecular weight is 283 g/mol. The number of hydrogen-bond acceptors (Lipinski definition) is 3. The lowest BCUT2D eigenvalue weighted by atomic mass is 10.3. The highest BCUT2D eigenvalue weighted by Crippen LogP contribution is 2.24. The Morgan fingerprint density at radius 2 is 2.17 bits per heavy atom.